The van der Waals surface area contributed by atoms with Gasteiger partial charge in [-0.1, -0.05) is 12.1 Å². The van der Waals surface area contributed by atoms with Crippen LogP contribution < -0.4 is 0 Å². The number of hydrogen-bond donors (Lipinski definition) is 0. The zero-order chi connectivity index (χ0) is 16.0. The van der Waals surface area contributed by atoms with E-state index in [1.807, 2.05) is 31.2 Å². The second kappa shape index (κ2) is 5.15. The molecule has 0 saturated carbocycles. The van der Waals surface area contributed by atoms with Gasteiger partial charge >= 0.3 is 0 Å². The van der Waals surface area contributed by atoms with Crippen LogP contribution in [0, 0.1) is 12.7 Å². The van der Waals surface area contributed by atoms with Crippen molar-refractivity contribution >= 4 is 16.9 Å². The molecule has 1 aliphatic heterocycles. The van der Waals surface area contributed by atoms with Gasteiger partial charge in [0.25, 0.3) is 5.91 Å². The molecular formula is C17H15FN4O. The number of amides is 1. The Bertz CT molecular complexity index is 898. The molecule has 3 heterocycles. The number of fused-ring (bicyclic) bond motifs is 1. The molecule has 0 N–H and O–H groups in total. The second-order valence-electron chi connectivity index (χ2n) is 5.74. The van der Waals surface area contributed by atoms with Gasteiger partial charge in [-0.2, -0.15) is 0 Å². The number of hydrogen-bond acceptors (Lipinski definition) is 3. The predicted molar refractivity (Wildman–Crippen MR) is 83.6 cm³/mol. The maximum absolute atomic E-state index is 13.7. The average molecular weight is 310 g/mol. The fourth-order valence-corrected chi connectivity index (χ4v) is 3.13. The zero-order valence-corrected chi connectivity index (χ0v) is 12.6. The van der Waals surface area contributed by atoms with Crippen molar-refractivity contribution in [3.63, 3.8) is 0 Å². The van der Waals surface area contributed by atoms with Crippen LogP contribution in [0.3, 0.4) is 0 Å². The Morgan fingerprint density at radius 3 is 2.83 bits per heavy atom. The van der Waals surface area contributed by atoms with Crippen molar-refractivity contribution in [3.05, 3.63) is 59.9 Å². The van der Waals surface area contributed by atoms with Gasteiger partial charge in [-0.15, -0.1) is 0 Å². The van der Waals surface area contributed by atoms with E-state index in [1.54, 1.807) is 4.90 Å². The number of carbonyl (C=O) groups is 1. The second-order valence-corrected chi connectivity index (χ2v) is 5.74. The Morgan fingerprint density at radius 1 is 1.26 bits per heavy atom. The van der Waals surface area contributed by atoms with Gasteiger partial charge in [-0.25, -0.2) is 9.37 Å². The molecule has 5 nitrogen and oxygen atoms in total. The lowest BCUT2D eigenvalue weighted by Crippen LogP contribution is -2.51. The van der Waals surface area contributed by atoms with E-state index in [1.165, 1.54) is 12.3 Å². The Labute approximate surface area is 132 Å². The van der Waals surface area contributed by atoms with Crippen LogP contribution in [-0.2, 0) is 0 Å². The highest BCUT2D eigenvalue weighted by atomic mass is 19.1. The maximum atomic E-state index is 13.7. The van der Waals surface area contributed by atoms with Gasteiger partial charge < -0.3 is 9.47 Å². The number of aromatic nitrogens is 3. The summed E-state index contributed by atoms with van der Waals surface area (Å²) in [5, 5.41) is 0. The van der Waals surface area contributed by atoms with E-state index in [0.717, 1.165) is 23.1 Å². The summed E-state index contributed by atoms with van der Waals surface area (Å²) in [4.78, 5) is 22.2. The maximum Gasteiger partial charge on any atom is 0.257 e. The van der Waals surface area contributed by atoms with Gasteiger partial charge in [0.15, 0.2) is 5.82 Å². The van der Waals surface area contributed by atoms with Crippen molar-refractivity contribution in [2.45, 2.75) is 13.0 Å². The summed E-state index contributed by atoms with van der Waals surface area (Å²) in [5.41, 5.74) is 2.10. The van der Waals surface area contributed by atoms with Crippen LogP contribution in [0.4, 0.5) is 4.39 Å². The van der Waals surface area contributed by atoms with Crippen LogP contribution in [0.5, 0.6) is 0 Å². The van der Waals surface area contributed by atoms with Crippen LogP contribution in [0.25, 0.3) is 11.0 Å². The summed E-state index contributed by atoms with van der Waals surface area (Å²) in [6, 6.07) is 9.55. The number of para-hydroxylation sites is 2. The summed E-state index contributed by atoms with van der Waals surface area (Å²) in [6.45, 7) is 3.08. The molecule has 2 aromatic heterocycles. The minimum absolute atomic E-state index is 0.0747. The summed E-state index contributed by atoms with van der Waals surface area (Å²) in [6.07, 6.45) is 2.50. The third kappa shape index (κ3) is 2.18. The average Bonchev–Trinajstić information content (AvgIpc) is 2.83. The van der Waals surface area contributed by atoms with Crippen molar-refractivity contribution in [1.82, 2.24) is 19.4 Å². The summed E-state index contributed by atoms with van der Waals surface area (Å²) >= 11 is 0. The lowest BCUT2D eigenvalue weighted by molar-refractivity contribution is 0.0518. The summed E-state index contributed by atoms with van der Waals surface area (Å²) in [5.74, 6) is 0.0619. The topological polar surface area (TPSA) is 51.0 Å². The molecule has 1 saturated heterocycles. The van der Waals surface area contributed by atoms with Crippen LogP contribution >= 0.6 is 0 Å². The quantitative estimate of drug-likeness (QED) is 0.731. The lowest BCUT2D eigenvalue weighted by Gasteiger charge is -2.40. The number of halogens is 1. The highest BCUT2D eigenvalue weighted by Gasteiger charge is 2.34. The van der Waals surface area contributed by atoms with E-state index >= 15 is 0 Å². The molecule has 0 spiro atoms. The molecule has 23 heavy (non-hydrogen) atoms. The SMILES string of the molecule is Cc1nc2ccccc2n1C1CN(C(=O)c2ccncc2F)C1. The molecule has 1 fully saturated rings. The van der Waals surface area contributed by atoms with E-state index in [0.29, 0.717) is 13.1 Å². The number of aryl methyl sites for hydroxylation is 1. The largest absolute Gasteiger partial charge is 0.334 e. The Morgan fingerprint density at radius 2 is 2.04 bits per heavy atom. The van der Waals surface area contributed by atoms with Crippen molar-refractivity contribution in [1.29, 1.82) is 0 Å². The van der Waals surface area contributed by atoms with Crippen molar-refractivity contribution in [2.24, 2.45) is 0 Å². The third-order valence-corrected chi connectivity index (χ3v) is 4.29. The molecule has 3 aromatic rings. The molecule has 116 valence electrons. The van der Waals surface area contributed by atoms with Crippen molar-refractivity contribution in [3.8, 4) is 0 Å². The van der Waals surface area contributed by atoms with Crippen LogP contribution in [0.1, 0.15) is 22.2 Å². The molecule has 6 heteroatoms. The first kappa shape index (κ1) is 13.9. The predicted octanol–water partition coefficient (Wildman–Crippen LogP) is 2.58. The molecule has 1 amide bonds. The molecule has 1 aliphatic rings. The van der Waals surface area contributed by atoms with E-state index in [-0.39, 0.29) is 17.5 Å². The van der Waals surface area contributed by atoms with Crippen molar-refractivity contribution in [2.75, 3.05) is 13.1 Å². The smallest absolute Gasteiger partial charge is 0.257 e. The Hall–Kier alpha value is -2.76. The first-order chi connectivity index (χ1) is 11.1. The Balaban J connectivity index is 1.56. The van der Waals surface area contributed by atoms with Gasteiger partial charge in [-0.05, 0) is 25.1 Å². The molecular weight excluding hydrogens is 295 g/mol. The minimum Gasteiger partial charge on any atom is -0.334 e. The van der Waals surface area contributed by atoms with E-state index in [9.17, 15) is 9.18 Å². The fraction of sp³-hybridized carbons (Fsp3) is 0.235. The van der Waals surface area contributed by atoms with Crippen LogP contribution in [-0.4, -0.2) is 38.4 Å². The molecule has 0 radical (unpaired) electrons. The molecule has 4 rings (SSSR count). The van der Waals surface area contributed by atoms with Crippen molar-refractivity contribution < 1.29 is 9.18 Å². The van der Waals surface area contributed by atoms with E-state index in [4.69, 9.17) is 0 Å². The van der Waals surface area contributed by atoms with Gasteiger partial charge in [-0.3, -0.25) is 9.78 Å². The minimum atomic E-state index is -0.579. The number of rotatable bonds is 2. The molecule has 0 bridgehead atoms. The lowest BCUT2D eigenvalue weighted by atomic mass is 10.1. The zero-order valence-electron chi connectivity index (χ0n) is 12.6. The first-order valence-electron chi connectivity index (χ1n) is 7.47. The highest BCUT2D eigenvalue weighted by molar-refractivity contribution is 5.95. The van der Waals surface area contributed by atoms with Gasteiger partial charge in [0, 0.05) is 19.3 Å². The number of pyridine rings is 1. The molecule has 0 aliphatic carbocycles. The molecule has 0 atom stereocenters. The van der Waals surface area contributed by atoms with Gasteiger partial charge in [0.05, 0.1) is 28.8 Å². The number of benzene rings is 1. The van der Waals surface area contributed by atoms with E-state index in [2.05, 4.69) is 14.5 Å². The third-order valence-electron chi connectivity index (χ3n) is 4.29. The number of imidazole rings is 1. The number of nitrogens with zero attached hydrogens (tertiary/aromatic N) is 4. The standard InChI is InChI=1S/C17H15FN4O/c1-11-20-15-4-2-3-5-16(15)22(11)12-9-21(10-12)17(23)13-6-7-19-8-14(13)18/h2-8,12H,9-10H2,1H3. The monoisotopic (exact) mass is 310 g/mol. The van der Waals surface area contributed by atoms with Crippen LogP contribution in [0.15, 0.2) is 42.7 Å². The normalized spacial score (nSPS) is 15.0. The first-order valence-corrected chi connectivity index (χ1v) is 7.47. The molecule has 0 unspecified atom stereocenters. The van der Waals surface area contributed by atoms with E-state index < -0.39 is 5.82 Å². The Kier molecular flexibility index (Phi) is 3.11. The fourth-order valence-electron chi connectivity index (χ4n) is 3.13. The highest BCUT2D eigenvalue weighted by Crippen LogP contribution is 2.29. The number of likely N-dealkylation sites (tertiary alicyclic amines) is 1. The number of carbonyl (C=O) groups excluding carboxylic acids is 1. The summed E-state index contributed by atoms with van der Waals surface area (Å²) in [7, 11) is 0. The summed E-state index contributed by atoms with van der Waals surface area (Å²) < 4.78 is 15.8. The van der Waals surface area contributed by atoms with Gasteiger partial charge in [0.2, 0.25) is 0 Å². The van der Waals surface area contributed by atoms with Crippen LogP contribution in [0.2, 0.25) is 0 Å². The molecule has 1 aromatic carbocycles. The van der Waals surface area contributed by atoms with Gasteiger partial charge in [0.1, 0.15) is 5.82 Å².